The fourth-order valence-electron chi connectivity index (χ4n) is 3.48. The van der Waals surface area contributed by atoms with Crippen LogP contribution in [0, 0.1) is 29.1 Å². The summed E-state index contributed by atoms with van der Waals surface area (Å²) in [6.07, 6.45) is 6.76. The van der Waals surface area contributed by atoms with E-state index in [4.69, 9.17) is 0 Å². The number of rotatable bonds is 9. The van der Waals surface area contributed by atoms with Crippen molar-refractivity contribution >= 4 is 0 Å². The maximum absolute atomic E-state index is 2.48. The van der Waals surface area contributed by atoms with Crippen LogP contribution in [0.3, 0.4) is 0 Å². The second-order valence-electron chi connectivity index (χ2n) is 7.30. The standard InChI is InChI=1S/C18H38/c1-9-12-18(7,8)17(11-3)13-15(5)16(6)14(4)10-2/h14-17H,9-13H2,1-8H3. The molecule has 0 aromatic rings. The van der Waals surface area contributed by atoms with Crippen molar-refractivity contribution in [2.45, 2.75) is 87.5 Å². The van der Waals surface area contributed by atoms with Crippen LogP contribution >= 0.6 is 0 Å². The summed E-state index contributed by atoms with van der Waals surface area (Å²) in [5, 5.41) is 0. The van der Waals surface area contributed by atoms with Gasteiger partial charge >= 0.3 is 0 Å². The van der Waals surface area contributed by atoms with Gasteiger partial charge in [-0.25, -0.2) is 0 Å². The average molecular weight is 255 g/mol. The molecule has 0 heterocycles. The van der Waals surface area contributed by atoms with Gasteiger partial charge in [0.05, 0.1) is 0 Å². The molecular weight excluding hydrogens is 216 g/mol. The van der Waals surface area contributed by atoms with Gasteiger partial charge in [0.15, 0.2) is 0 Å². The molecule has 0 radical (unpaired) electrons. The van der Waals surface area contributed by atoms with Crippen LogP contribution < -0.4 is 0 Å². The molecule has 110 valence electrons. The Hall–Kier alpha value is 0. The van der Waals surface area contributed by atoms with E-state index in [1.54, 1.807) is 0 Å². The van der Waals surface area contributed by atoms with Gasteiger partial charge in [-0.2, -0.15) is 0 Å². The van der Waals surface area contributed by atoms with Gasteiger partial charge in [-0.05, 0) is 41.9 Å². The van der Waals surface area contributed by atoms with Gasteiger partial charge in [0, 0.05) is 0 Å². The first kappa shape index (κ1) is 18.0. The van der Waals surface area contributed by atoms with Crippen LogP contribution in [-0.4, -0.2) is 0 Å². The van der Waals surface area contributed by atoms with E-state index in [0.29, 0.717) is 5.41 Å². The maximum atomic E-state index is 2.48. The summed E-state index contributed by atoms with van der Waals surface area (Å²) in [7, 11) is 0. The summed E-state index contributed by atoms with van der Waals surface area (Å²) in [6.45, 7) is 19.3. The molecule has 0 bridgehead atoms. The van der Waals surface area contributed by atoms with Crippen LogP contribution in [0.1, 0.15) is 87.5 Å². The third kappa shape index (κ3) is 5.33. The quantitative estimate of drug-likeness (QED) is 0.438. The second kappa shape index (κ2) is 8.23. The van der Waals surface area contributed by atoms with Crippen LogP contribution in [0.25, 0.3) is 0 Å². The molecule has 0 aromatic heterocycles. The van der Waals surface area contributed by atoms with E-state index >= 15 is 0 Å². The number of hydrogen-bond donors (Lipinski definition) is 0. The Bertz CT molecular complexity index is 204. The third-order valence-electron chi connectivity index (χ3n) is 5.59. The molecule has 4 atom stereocenters. The third-order valence-corrected chi connectivity index (χ3v) is 5.59. The van der Waals surface area contributed by atoms with Crippen molar-refractivity contribution in [1.82, 2.24) is 0 Å². The Morgan fingerprint density at radius 2 is 1.39 bits per heavy atom. The lowest BCUT2D eigenvalue weighted by atomic mass is 9.68. The fourth-order valence-corrected chi connectivity index (χ4v) is 3.48. The minimum Gasteiger partial charge on any atom is -0.0654 e. The predicted molar refractivity (Wildman–Crippen MR) is 84.9 cm³/mol. The molecule has 0 aliphatic carbocycles. The number of hydrogen-bond acceptors (Lipinski definition) is 0. The Morgan fingerprint density at radius 3 is 1.78 bits per heavy atom. The minimum atomic E-state index is 0.521. The van der Waals surface area contributed by atoms with Crippen molar-refractivity contribution in [1.29, 1.82) is 0 Å². The van der Waals surface area contributed by atoms with Crippen LogP contribution in [-0.2, 0) is 0 Å². The van der Waals surface area contributed by atoms with Crippen LogP contribution in [0.15, 0.2) is 0 Å². The maximum Gasteiger partial charge on any atom is -0.0326 e. The first-order chi connectivity index (χ1) is 8.30. The Balaban J connectivity index is 4.53. The SMILES string of the molecule is CCCC(C)(C)C(CC)CC(C)C(C)C(C)CC. The van der Waals surface area contributed by atoms with Crippen molar-refractivity contribution in [3.63, 3.8) is 0 Å². The molecule has 0 aliphatic heterocycles. The van der Waals surface area contributed by atoms with E-state index in [1.165, 1.54) is 32.1 Å². The molecule has 0 amide bonds. The lowest BCUT2D eigenvalue weighted by Crippen LogP contribution is -2.28. The highest BCUT2D eigenvalue weighted by Crippen LogP contribution is 2.40. The second-order valence-corrected chi connectivity index (χ2v) is 7.30. The van der Waals surface area contributed by atoms with E-state index in [2.05, 4.69) is 55.4 Å². The molecule has 0 spiro atoms. The summed E-state index contributed by atoms with van der Waals surface area (Å²) in [5.41, 5.74) is 0.521. The highest BCUT2D eigenvalue weighted by atomic mass is 14.4. The van der Waals surface area contributed by atoms with Gasteiger partial charge in [0.25, 0.3) is 0 Å². The van der Waals surface area contributed by atoms with Crippen LogP contribution in [0.2, 0.25) is 0 Å². The summed E-state index contributed by atoms with van der Waals surface area (Å²) >= 11 is 0. The van der Waals surface area contributed by atoms with Crippen molar-refractivity contribution in [2.75, 3.05) is 0 Å². The largest absolute Gasteiger partial charge is 0.0654 e. The smallest absolute Gasteiger partial charge is 0.0326 e. The molecular formula is C18H38. The van der Waals surface area contributed by atoms with Gasteiger partial charge in [-0.15, -0.1) is 0 Å². The predicted octanol–water partition coefficient (Wildman–Crippen LogP) is 6.55. The zero-order valence-electron chi connectivity index (χ0n) is 14.3. The zero-order chi connectivity index (χ0) is 14.3. The van der Waals surface area contributed by atoms with Gasteiger partial charge < -0.3 is 0 Å². The lowest BCUT2D eigenvalue weighted by molar-refractivity contribution is 0.129. The van der Waals surface area contributed by atoms with Crippen molar-refractivity contribution in [3.8, 4) is 0 Å². The molecule has 0 heteroatoms. The van der Waals surface area contributed by atoms with Crippen molar-refractivity contribution in [3.05, 3.63) is 0 Å². The van der Waals surface area contributed by atoms with Gasteiger partial charge in [0.1, 0.15) is 0 Å². The van der Waals surface area contributed by atoms with Gasteiger partial charge in [0.2, 0.25) is 0 Å². The highest BCUT2D eigenvalue weighted by molar-refractivity contribution is 4.80. The fraction of sp³-hybridized carbons (Fsp3) is 1.00. The van der Waals surface area contributed by atoms with Crippen LogP contribution in [0.4, 0.5) is 0 Å². The normalized spacial score (nSPS) is 19.3. The molecule has 0 nitrogen and oxygen atoms in total. The Labute approximate surface area is 117 Å². The van der Waals surface area contributed by atoms with Crippen LogP contribution in [0.5, 0.6) is 0 Å². The minimum absolute atomic E-state index is 0.521. The van der Waals surface area contributed by atoms with Gasteiger partial charge in [-0.3, -0.25) is 0 Å². The molecule has 0 aliphatic rings. The topological polar surface area (TPSA) is 0 Å². The summed E-state index contributed by atoms with van der Waals surface area (Å²) in [5.74, 6) is 3.48. The molecule has 0 aromatic carbocycles. The van der Waals surface area contributed by atoms with E-state index in [1.807, 2.05) is 0 Å². The highest BCUT2D eigenvalue weighted by Gasteiger charge is 2.30. The van der Waals surface area contributed by atoms with Crippen molar-refractivity contribution < 1.29 is 0 Å². The van der Waals surface area contributed by atoms with E-state index in [0.717, 1.165) is 23.7 Å². The first-order valence-electron chi connectivity index (χ1n) is 8.30. The Morgan fingerprint density at radius 1 is 0.833 bits per heavy atom. The molecule has 0 fully saturated rings. The average Bonchev–Trinajstić information content (AvgIpc) is 2.33. The summed E-state index contributed by atoms with van der Waals surface area (Å²) in [6, 6.07) is 0. The van der Waals surface area contributed by atoms with Crippen molar-refractivity contribution in [2.24, 2.45) is 29.1 Å². The van der Waals surface area contributed by atoms with E-state index < -0.39 is 0 Å². The lowest BCUT2D eigenvalue weighted by Gasteiger charge is -2.37. The molecule has 0 saturated carbocycles. The van der Waals surface area contributed by atoms with E-state index in [-0.39, 0.29) is 0 Å². The molecule has 0 saturated heterocycles. The summed E-state index contributed by atoms with van der Waals surface area (Å²) < 4.78 is 0. The Kier molecular flexibility index (Phi) is 8.23. The zero-order valence-corrected chi connectivity index (χ0v) is 14.3. The van der Waals surface area contributed by atoms with Gasteiger partial charge in [-0.1, -0.05) is 74.7 Å². The molecule has 4 unspecified atom stereocenters. The summed E-state index contributed by atoms with van der Waals surface area (Å²) in [4.78, 5) is 0. The monoisotopic (exact) mass is 254 g/mol. The molecule has 18 heavy (non-hydrogen) atoms. The molecule has 0 N–H and O–H groups in total. The van der Waals surface area contributed by atoms with E-state index in [9.17, 15) is 0 Å². The molecule has 0 rings (SSSR count). The first-order valence-corrected chi connectivity index (χ1v) is 8.30.